The molecule has 0 aliphatic heterocycles. The van der Waals surface area contributed by atoms with Crippen molar-refractivity contribution in [1.29, 1.82) is 0 Å². The van der Waals surface area contributed by atoms with Gasteiger partial charge in [-0.3, -0.25) is 0 Å². The average Bonchev–Trinajstić information content (AvgIpc) is 1.58. The number of benzene rings is 18. The van der Waals surface area contributed by atoms with Gasteiger partial charge in [0.15, 0.2) is 0 Å². The molecule has 544 valence electrons. The van der Waals surface area contributed by atoms with Crippen LogP contribution in [0.15, 0.2) is 446 Å². The molecule has 0 radical (unpaired) electrons. The van der Waals surface area contributed by atoms with Crippen LogP contribution in [-0.2, 0) is 5.41 Å². The van der Waals surface area contributed by atoms with Crippen molar-refractivity contribution < 1.29 is 8.83 Å². The van der Waals surface area contributed by atoms with E-state index in [4.69, 9.17) is 8.83 Å². The molecule has 4 heteroatoms. The van der Waals surface area contributed by atoms with Gasteiger partial charge in [-0.15, -0.1) is 0 Å². The molecule has 1 aliphatic carbocycles. The monoisotopic (exact) mass is 1470 g/mol. The van der Waals surface area contributed by atoms with Crippen LogP contribution in [0.25, 0.3) is 155 Å². The molecule has 0 bridgehead atoms. The summed E-state index contributed by atoms with van der Waals surface area (Å²) in [6.07, 6.45) is 0. The van der Waals surface area contributed by atoms with Crippen LogP contribution in [-0.4, -0.2) is 0 Å². The summed E-state index contributed by atoms with van der Waals surface area (Å²) in [6, 6.07) is 157. The number of hydrogen-bond acceptors (Lipinski definition) is 4. The fourth-order valence-electron chi connectivity index (χ4n) is 17.1. The van der Waals surface area contributed by atoms with E-state index in [1.807, 2.05) is 12.1 Å². The predicted octanol–water partition coefficient (Wildman–Crippen LogP) is 31.4. The van der Waals surface area contributed by atoms with Crippen LogP contribution in [0.2, 0.25) is 0 Å². The van der Waals surface area contributed by atoms with Gasteiger partial charge in [0, 0.05) is 72.1 Å². The second-order valence-corrected chi connectivity index (χ2v) is 30.3. The molecular weight excluding hydrogens is 1390 g/mol. The average molecular weight is 1470 g/mol. The van der Waals surface area contributed by atoms with Crippen LogP contribution in [0.3, 0.4) is 0 Å². The van der Waals surface area contributed by atoms with E-state index in [1.54, 1.807) is 0 Å². The number of hydrogen-bond donors (Lipinski definition) is 0. The topological polar surface area (TPSA) is 32.8 Å². The molecule has 0 amide bonds. The fraction of sp³-hybridized carbons (Fsp3) is 0.0270. The van der Waals surface area contributed by atoms with Gasteiger partial charge < -0.3 is 18.6 Å². The highest BCUT2D eigenvalue weighted by Crippen LogP contribution is 2.52. The van der Waals surface area contributed by atoms with Crippen molar-refractivity contribution in [2.45, 2.75) is 19.3 Å². The Hall–Kier alpha value is -14.8. The van der Waals surface area contributed by atoms with E-state index < -0.39 is 0 Å². The van der Waals surface area contributed by atoms with Gasteiger partial charge in [0.1, 0.15) is 22.3 Å². The van der Waals surface area contributed by atoms with Crippen LogP contribution < -0.4 is 9.80 Å². The second kappa shape index (κ2) is 29.8. The Morgan fingerprint density at radius 2 is 0.470 bits per heavy atom. The zero-order chi connectivity index (χ0) is 76.8. The van der Waals surface area contributed by atoms with Crippen LogP contribution in [0.5, 0.6) is 0 Å². The molecule has 0 N–H and O–H groups in total. The minimum Gasteiger partial charge on any atom is -0.455 e. The Bertz CT molecular complexity index is 6900. The summed E-state index contributed by atoms with van der Waals surface area (Å²) in [5.41, 5.74) is 36.4. The van der Waals surface area contributed by atoms with Crippen molar-refractivity contribution in [3.05, 3.63) is 448 Å². The first-order chi connectivity index (χ1) is 56.8. The first kappa shape index (κ1) is 69.4. The van der Waals surface area contributed by atoms with Gasteiger partial charge in [0.25, 0.3) is 0 Å². The maximum Gasteiger partial charge on any atom is 0.143 e. The summed E-state index contributed by atoms with van der Waals surface area (Å²) in [5.74, 6) is 0. The van der Waals surface area contributed by atoms with Gasteiger partial charge in [-0.1, -0.05) is 347 Å². The fourth-order valence-corrected chi connectivity index (χ4v) is 17.1. The summed E-state index contributed by atoms with van der Waals surface area (Å²) in [4.78, 5) is 4.76. The van der Waals surface area contributed by atoms with Crippen molar-refractivity contribution in [1.82, 2.24) is 0 Å². The first-order valence-electron chi connectivity index (χ1n) is 39.5. The third-order valence-electron chi connectivity index (χ3n) is 23.0. The lowest BCUT2D eigenvalue weighted by Crippen LogP contribution is -2.16. The molecule has 115 heavy (non-hydrogen) atoms. The van der Waals surface area contributed by atoms with Crippen molar-refractivity contribution in [3.8, 4) is 111 Å². The highest BCUT2D eigenvalue weighted by Gasteiger charge is 2.36. The molecule has 0 spiro atoms. The van der Waals surface area contributed by atoms with E-state index in [2.05, 4.69) is 448 Å². The Morgan fingerprint density at radius 1 is 0.183 bits per heavy atom. The summed E-state index contributed by atoms with van der Waals surface area (Å²) in [6.45, 7) is 4.70. The summed E-state index contributed by atoms with van der Waals surface area (Å²) in [5, 5.41) is 4.47. The molecule has 0 saturated carbocycles. The molecule has 2 heterocycles. The smallest absolute Gasteiger partial charge is 0.143 e. The number of nitrogens with zero attached hydrogens (tertiary/aromatic N) is 2. The largest absolute Gasteiger partial charge is 0.455 e. The lowest BCUT2D eigenvalue weighted by molar-refractivity contribution is 0.660. The summed E-state index contributed by atoms with van der Waals surface area (Å²) < 4.78 is 13.2. The Balaban J connectivity index is 0.000000149. The van der Waals surface area contributed by atoms with E-state index >= 15 is 0 Å². The molecular formula is C111H78N2O2. The summed E-state index contributed by atoms with van der Waals surface area (Å²) >= 11 is 0. The van der Waals surface area contributed by atoms with Gasteiger partial charge in [0.05, 0.1) is 5.69 Å². The number of para-hydroxylation sites is 3. The highest BCUT2D eigenvalue weighted by molar-refractivity contribution is 6.13. The maximum absolute atomic E-state index is 6.59. The molecule has 20 aromatic rings. The van der Waals surface area contributed by atoms with Gasteiger partial charge in [-0.2, -0.15) is 0 Å². The standard InChI is InChI=1S/C57H41NO.C54H37NO/c1-57(2)53-19-11-9-17-48(53)49-34-33-47(37-54(49)57)58(45-29-25-41(26-30-45)39-15-7-4-8-16-39)46-31-27-42(28-32-46)44-35-51(56-52(36-44)50-18-10-12-20-55(50)59-56)43-23-21-40(22-24-43)38-13-5-3-6-14-38;1-4-14-38(15-5-1)40-24-26-44(27-25-40)50-36-45(37-51-49-21-11-13-23-53(49)56-54(50)51)42-30-34-47(35-31-42)55(46-32-28-41(29-33-46)39-16-6-2-7-17-39)52-22-12-10-20-48(52)43-18-8-3-9-19-43/h3-37H,1-2H3;1-37H. The Morgan fingerprint density at radius 3 is 0.887 bits per heavy atom. The van der Waals surface area contributed by atoms with Crippen molar-refractivity contribution in [3.63, 3.8) is 0 Å². The molecule has 0 fully saturated rings. The molecule has 1 aliphatic rings. The van der Waals surface area contributed by atoms with Gasteiger partial charge >= 0.3 is 0 Å². The van der Waals surface area contributed by atoms with E-state index in [0.29, 0.717) is 0 Å². The zero-order valence-corrected chi connectivity index (χ0v) is 63.8. The molecule has 18 aromatic carbocycles. The minimum atomic E-state index is -0.107. The number of rotatable bonds is 15. The quantitative estimate of drug-likeness (QED) is 0.102. The second-order valence-electron chi connectivity index (χ2n) is 30.3. The lowest BCUT2D eigenvalue weighted by Gasteiger charge is -2.28. The predicted molar refractivity (Wildman–Crippen MR) is 483 cm³/mol. The minimum absolute atomic E-state index is 0.107. The molecule has 0 unspecified atom stereocenters. The highest BCUT2D eigenvalue weighted by atomic mass is 16.3. The summed E-state index contributed by atoms with van der Waals surface area (Å²) in [7, 11) is 0. The third-order valence-corrected chi connectivity index (χ3v) is 23.0. The van der Waals surface area contributed by atoms with Crippen molar-refractivity contribution in [2.75, 3.05) is 9.80 Å². The molecule has 2 aromatic heterocycles. The normalized spacial score (nSPS) is 12.0. The van der Waals surface area contributed by atoms with E-state index in [0.717, 1.165) is 123 Å². The molecule has 21 rings (SSSR count). The van der Waals surface area contributed by atoms with Gasteiger partial charge in [-0.05, 0) is 209 Å². The lowest BCUT2D eigenvalue weighted by atomic mass is 9.82. The Labute approximate surface area is 670 Å². The van der Waals surface area contributed by atoms with E-state index in [-0.39, 0.29) is 5.41 Å². The van der Waals surface area contributed by atoms with Crippen LogP contribution >= 0.6 is 0 Å². The van der Waals surface area contributed by atoms with Crippen LogP contribution in [0.1, 0.15) is 25.0 Å². The molecule has 0 saturated heterocycles. The number of anilines is 6. The number of furan rings is 2. The SMILES string of the molecule is CC1(C)c2ccccc2-c2ccc(N(c3ccc(-c4ccccc4)cc3)c3ccc(-c4cc(-c5ccc(-c6ccccc6)cc5)c5oc6ccccc6c5c4)cc3)cc21.c1ccc(-c2ccc(-c3cc(-c4ccc(N(c5ccc(-c6ccccc6)cc5)c5ccccc5-c5ccccc5)cc4)cc4c3oc3ccccc34)cc2)cc1. The Kier molecular flexibility index (Phi) is 18.0. The number of fused-ring (bicyclic) bond motifs is 9. The van der Waals surface area contributed by atoms with Crippen LogP contribution in [0, 0.1) is 0 Å². The van der Waals surface area contributed by atoms with Gasteiger partial charge in [0.2, 0.25) is 0 Å². The van der Waals surface area contributed by atoms with E-state index in [9.17, 15) is 0 Å². The van der Waals surface area contributed by atoms with Gasteiger partial charge in [-0.25, -0.2) is 0 Å². The van der Waals surface area contributed by atoms with E-state index in [1.165, 1.54) is 77.9 Å². The van der Waals surface area contributed by atoms with Crippen LogP contribution in [0.4, 0.5) is 34.1 Å². The third kappa shape index (κ3) is 13.2. The van der Waals surface area contributed by atoms with Crippen molar-refractivity contribution >= 4 is 78.0 Å². The zero-order valence-electron chi connectivity index (χ0n) is 63.8. The van der Waals surface area contributed by atoms with Crippen molar-refractivity contribution in [2.24, 2.45) is 0 Å². The molecule has 4 nitrogen and oxygen atoms in total. The first-order valence-corrected chi connectivity index (χ1v) is 39.5. The maximum atomic E-state index is 6.59. The molecule has 0 atom stereocenters.